The van der Waals surface area contributed by atoms with E-state index in [-0.39, 0.29) is 5.91 Å². The van der Waals surface area contributed by atoms with Crippen LogP contribution in [0.1, 0.15) is 17.4 Å². The molecule has 92 valence electrons. The van der Waals surface area contributed by atoms with Crippen molar-refractivity contribution in [1.29, 1.82) is 0 Å². The molecule has 1 amide bonds. The van der Waals surface area contributed by atoms with Crippen molar-refractivity contribution in [1.82, 2.24) is 15.1 Å². The van der Waals surface area contributed by atoms with Gasteiger partial charge in [-0.15, -0.1) is 10.2 Å². The van der Waals surface area contributed by atoms with E-state index < -0.39 is 0 Å². The molecule has 0 bridgehead atoms. The van der Waals surface area contributed by atoms with Crippen molar-refractivity contribution >= 4 is 23.5 Å². The number of anilines is 1. The molecule has 1 aliphatic heterocycles. The van der Waals surface area contributed by atoms with E-state index in [1.165, 1.54) is 0 Å². The summed E-state index contributed by atoms with van der Waals surface area (Å²) in [5, 5.41) is 8.13. The third-order valence-corrected chi connectivity index (χ3v) is 3.70. The van der Waals surface area contributed by atoms with Crippen molar-refractivity contribution in [3.63, 3.8) is 0 Å². The quantitative estimate of drug-likeness (QED) is 0.584. The largest absolute Gasteiger partial charge is 0.335 e. The minimum atomic E-state index is -0.0618. The van der Waals surface area contributed by atoms with Crippen molar-refractivity contribution in [3.8, 4) is 0 Å². The number of thioether (sulfide) groups is 1. The summed E-state index contributed by atoms with van der Waals surface area (Å²) >= 11 is 1.88. The Morgan fingerprint density at radius 2 is 2.41 bits per heavy atom. The first-order chi connectivity index (χ1) is 8.20. The molecule has 0 radical (unpaired) electrons. The molecule has 0 aromatic carbocycles. The van der Waals surface area contributed by atoms with Crippen LogP contribution in [0.3, 0.4) is 0 Å². The molecular formula is C10H15N5OS. The van der Waals surface area contributed by atoms with E-state index in [2.05, 4.69) is 22.5 Å². The lowest BCUT2D eigenvalue weighted by Gasteiger charge is -2.30. The Morgan fingerprint density at radius 3 is 3.00 bits per heavy atom. The van der Waals surface area contributed by atoms with Crippen LogP contribution in [0.2, 0.25) is 0 Å². The maximum atomic E-state index is 12.1. The lowest BCUT2D eigenvalue weighted by molar-refractivity contribution is 0.0756. The van der Waals surface area contributed by atoms with Crippen molar-refractivity contribution in [2.45, 2.75) is 12.2 Å². The molecule has 1 unspecified atom stereocenters. The second-order valence-electron chi connectivity index (χ2n) is 3.88. The average Bonchev–Trinajstić information content (AvgIpc) is 2.38. The predicted octanol–water partition coefficient (Wildman–Crippen LogP) is 0.340. The van der Waals surface area contributed by atoms with Gasteiger partial charge in [0.25, 0.3) is 5.91 Å². The van der Waals surface area contributed by atoms with E-state index in [0.717, 1.165) is 18.8 Å². The first-order valence-corrected chi connectivity index (χ1v) is 6.47. The number of nitrogen functional groups attached to an aromatic ring is 1. The highest BCUT2D eigenvalue weighted by Crippen LogP contribution is 2.19. The molecule has 2 rings (SSSR count). The van der Waals surface area contributed by atoms with Crippen molar-refractivity contribution in [2.75, 3.05) is 24.3 Å². The third-order valence-electron chi connectivity index (χ3n) is 2.56. The molecule has 1 saturated heterocycles. The van der Waals surface area contributed by atoms with E-state index in [1.54, 1.807) is 12.1 Å². The number of hydrogen-bond donors (Lipinski definition) is 2. The molecule has 1 aromatic heterocycles. The zero-order chi connectivity index (χ0) is 12.3. The Labute approximate surface area is 104 Å². The van der Waals surface area contributed by atoms with Crippen LogP contribution in [0.15, 0.2) is 12.1 Å². The number of nitrogens with zero attached hydrogens (tertiary/aromatic N) is 3. The number of hydrazine groups is 1. The summed E-state index contributed by atoms with van der Waals surface area (Å²) in [4.78, 5) is 13.9. The van der Waals surface area contributed by atoms with Gasteiger partial charge in [0.2, 0.25) is 0 Å². The molecule has 3 N–H and O–H groups in total. The Balaban J connectivity index is 2.07. The molecule has 2 heterocycles. The molecule has 7 heteroatoms. The normalized spacial score (nSPS) is 20.1. The lowest BCUT2D eigenvalue weighted by atomic mass is 10.3. The van der Waals surface area contributed by atoms with Crippen LogP contribution in [0, 0.1) is 0 Å². The Kier molecular flexibility index (Phi) is 3.80. The fourth-order valence-electron chi connectivity index (χ4n) is 1.69. The van der Waals surface area contributed by atoms with Crippen molar-refractivity contribution in [2.24, 2.45) is 5.84 Å². The van der Waals surface area contributed by atoms with Gasteiger partial charge in [0.1, 0.15) is 0 Å². The molecule has 1 fully saturated rings. The summed E-state index contributed by atoms with van der Waals surface area (Å²) in [5.74, 6) is 6.55. The number of nitrogens with two attached hydrogens (primary N) is 1. The highest BCUT2D eigenvalue weighted by molar-refractivity contribution is 7.99. The second kappa shape index (κ2) is 5.33. The number of aromatic nitrogens is 2. The summed E-state index contributed by atoms with van der Waals surface area (Å²) in [6.07, 6.45) is 0. The van der Waals surface area contributed by atoms with Crippen LogP contribution in [0.4, 0.5) is 5.82 Å². The van der Waals surface area contributed by atoms with E-state index in [4.69, 9.17) is 5.84 Å². The topological polar surface area (TPSA) is 84.1 Å². The molecule has 6 nitrogen and oxygen atoms in total. The standard InChI is InChI=1S/C10H15N5OS/c1-7-6-15(4-5-17-7)10(16)8-2-3-9(12-11)14-13-8/h2-3,7H,4-6,11H2,1H3,(H,12,14). The van der Waals surface area contributed by atoms with Gasteiger partial charge in [-0.3, -0.25) is 4.79 Å². The minimum absolute atomic E-state index is 0.0618. The summed E-state index contributed by atoms with van der Waals surface area (Å²) in [5.41, 5.74) is 2.74. The molecule has 0 saturated carbocycles. The van der Waals surface area contributed by atoms with Gasteiger partial charge < -0.3 is 10.3 Å². The van der Waals surface area contributed by atoms with Crippen molar-refractivity contribution < 1.29 is 4.79 Å². The van der Waals surface area contributed by atoms with Gasteiger partial charge >= 0.3 is 0 Å². The van der Waals surface area contributed by atoms with Gasteiger partial charge in [0.15, 0.2) is 11.5 Å². The molecule has 1 aliphatic rings. The third kappa shape index (κ3) is 2.86. The van der Waals surface area contributed by atoms with Crippen LogP contribution < -0.4 is 11.3 Å². The summed E-state index contributed by atoms with van der Waals surface area (Å²) in [7, 11) is 0. The summed E-state index contributed by atoms with van der Waals surface area (Å²) in [6.45, 7) is 3.66. The maximum absolute atomic E-state index is 12.1. The van der Waals surface area contributed by atoms with Crippen LogP contribution in [0.5, 0.6) is 0 Å². The zero-order valence-corrected chi connectivity index (χ0v) is 10.4. The van der Waals surface area contributed by atoms with Crippen LogP contribution in [0.25, 0.3) is 0 Å². The molecule has 0 spiro atoms. The summed E-state index contributed by atoms with van der Waals surface area (Å²) < 4.78 is 0. The Morgan fingerprint density at radius 1 is 1.59 bits per heavy atom. The molecular weight excluding hydrogens is 238 g/mol. The number of amides is 1. The van der Waals surface area contributed by atoms with Crippen LogP contribution >= 0.6 is 11.8 Å². The average molecular weight is 253 g/mol. The minimum Gasteiger partial charge on any atom is -0.335 e. The Bertz CT molecular complexity index is 396. The van der Waals surface area contributed by atoms with Gasteiger partial charge in [0, 0.05) is 24.1 Å². The first kappa shape index (κ1) is 12.1. The molecule has 1 atom stereocenters. The fourth-order valence-corrected chi connectivity index (χ4v) is 2.70. The summed E-state index contributed by atoms with van der Waals surface area (Å²) in [6, 6.07) is 3.28. The highest BCUT2D eigenvalue weighted by Gasteiger charge is 2.23. The van der Waals surface area contributed by atoms with Gasteiger partial charge in [-0.25, -0.2) is 5.84 Å². The first-order valence-electron chi connectivity index (χ1n) is 5.42. The molecule has 17 heavy (non-hydrogen) atoms. The number of carbonyl (C=O) groups excluding carboxylic acids is 1. The van der Waals surface area contributed by atoms with E-state index >= 15 is 0 Å². The number of nitrogens with one attached hydrogen (secondary N) is 1. The van der Waals surface area contributed by atoms with Gasteiger partial charge in [-0.1, -0.05) is 6.92 Å². The fraction of sp³-hybridized carbons (Fsp3) is 0.500. The van der Waals surface area contributed by atoms with Gasteiger partial charge in [0.05, 0.1) is 0 Å². The highest BCUT2D eigenvalue weighted by atomic mass is 32.2. The van der Waals surface area contributed by atoms with E-state index in [1.807, 2.05) is 16.7 Å². The van der Waals surface area contributed by atoms with Gasteiger partial charge in [-0.05, 0) is 12.1 Å². The van der Waals surface area contributed by atoms with E-state index in [0.29, 0.717) is 16.8 Å². The second-order valence-corrected chi connectivity index (χ2v) is 5.43. The number of rotatable bonds is 2. The van der Waals surface area contributed by atoms with Gasteiger partial charge in [-0.2, -0.15) is 11.8 Å². The number of carbonyl (C=O) groups is 1. The maximum Gasteiger partial charge on any atom is 0.274 e. The lowest BCUT2D eigenvalue weighted by Crippen LogP contribution is -2.41. The van der Waals surface area contributed by atoms with Crippen LogP contribution in [-0.2, 0) is 0 Å². The molecule has 0 aliphatic carbocycles. The van der Waals surface area contributed by atoms with Crippen LogP contribution in [-0.4, -0.2) is 45.1 Å². The predicted molar refractivity (Wildman–Crippen MR) is 67.7 cm³/mol. The number of hydrogen-bond acceptors (Lipinski definition) is 6. The molecule has 1 aromatic rings. The zero-order valence-electron chi connectivity index (χ0n) is 9.59. The SMILES string of the molecule is CC1CN(C(=O)c2ccc(NN)nn2)CCS1. The Hall–Kier alpha value is -1.34. The smallest absolute Gasteiger partial charge is 0.274 e. The monoisotopic (exact) mass is 253 g/mol. The van der Waals surface area contributed by atoms with Crippen molar-refractivity contribution in [3.05, 3.63) is 17.8 Å². The van der Waals surface area contributed by atoms with E-state index in [9.17, 15) is 4.79 Å².